The molecule has 4 nitrogen and oxygen atoms in total. The molecule has 2 N–H and O–H groups in total. The fraction of sp³-hybridized carbons (Fsp3) is 0.333. The molecule has 122 valence electrons. The van der Waals surface area contributed by atoms with E-state index < -0.39 is 10.0 Å². The molecule has 5 heteroatoms. The average Bonchev–Trinajstić information content (AvgIpc) is 2.58. The number of sulfonamides is 1. The molecule has 2 aromatic carbocycles. The lowest BCUT2D eigenvalue weighted by molar-refractivity contribution is 0.328. The molecular formula is C18H22N2O2S. The molecule has 2 atom stereocenters. The first-order valence-electron chi connectivity index (χ1n) is 7.95. The van der Waals surface area contributed by atoms with Crippen LogP contribution in [0.25, 0.3) is 11.1 Å². The first kappa shape index (κ1) is 16.2. The van der Waals surface area contributed by atoms with Crippen molar-refractivity contribution in [1.82, 2.24) is 10.0 Å². The quantitative estimate of drug-likeness (QED) is 0.906. The van der Waals surface area contributed by atoms with Gasteiger partial charge < -0.3 is 5.32 Å². The van der Waals surface area contributed by atoms with Gasteiger partial charge in [-0.1, -0.05) is 55.5 Å². The first-order chi connectivity index (χ1) is 11.1. The number of hydrogen-bond acceptors (Lipinski definition) is 3. The average molecular weight is 330 g/mol. The van der Waals surface area contributed by atoms with Crippen molar-refractivity contribution in [2.75, 3.05) is 13.1 Å². The van der Waals surface area contributed by atoms with Gasteiger partial charge in [0.1, 0.15) is 0 Å². The van der Waals surface area contributed by atoms with E-state index in [0.29, 0.717) is 4.90 Å². The van der Waals surface area contributed by atoms with Crippen LogP contribution in [0.1, 0.15) is 13.3 Å². The number of benzene rings is 2. The summed E-state index contributed by atoms with van der Waals surface area (Å²) < 4.78 is 28.7. The lowest BCUT2D eigenvalue weighted by Gasteiger charge is -2.30. The maximum atomic E-state index is 12.9. The Labute approximate surface area is 138 Å². The highest BCUT2D eigenvalue weighted by atomic mass is 32.2. The summed E-state index contributed by atoms with van der Waals surface area (Å²) in [4.78, 5) is 0.344. The van der Waals surface area contributed by atoms with Gasteiger partial charge in [-0.3, -0.25) is 0 Å². The Bertz CT molecular complexity index is 760. The molecular weight excluding hydrogens is 308 g/mol. The van der Waals surface area contributed by atoms with Gasteiger partial charge in [0.2, 0.25) is 10.0 Å². The van der Waals surface area contributed by atoms with E-state index in [2.05, 4.69) is 17.0 Å². The smallest absolute Gasteiger partial charge is 0.241 e. The molecule has 0 aromatic heterocycles. The summed E-state index contributed by atoms with van der Waals surface area (Å²) in [5, 5.41) is 3.29. The molecule has 0 spiro atoms. The molecule has 0 aliphatic carbocycles. The summed E-state index contributed by atoms with van der Waals surface area (Å²) >= 11 is 0. The van der Waals surface area contributed by atoms with E-state index in [1.54, 1.807) is 12.1 Å². The molecule has 0 radical (unpaired) electrons. The third-order valence-electron chi connectivity index (χ3n) is 4.35. The maximum Gasteiger partial charge on any atom is 0.241 e. The second-order valence-electron chi connectivity index (χ2n) is 6.06. The van der Waals surface area contributed by atoms with Gasteiger partial charge in [0.25, 0.3) is 0 Å². The lowest BCUT2D eigenvalue weighted by atomic mass is 9.97. The standard InChI is InChI=1S/C18H22N2O2S/c1-14-13-19-12-11-17(14)20-23(21,22)18-10-6-5-9-16(18)15-7-3-2-4-8-15/h2-10,14,17,19-20H,11-13H2,1H3. The molecule has 0 amide bonds. The fourth-order valence-corrected chi connectivity index (χ4v) is 4.62. The van der Waals surface area contributed by atoms with Crippen LogP contribution in [0.2, 0.25) is 0 Å². The van der Waals surface area contributed by atoms with Crippen molar-refractivity contribution in [3.05, 3.63) is 54.6 Å². The molecule has 1 aliphatic rings. The minimum absolute atomic E-state index is 0.0231. The molecule has 0 saturated carbocycles. The van der Waals surface area contributed by atoms with Gasteiger partial charge in [0.15, 0.2) is 0 Å². The van der Waals surface area contributed by atoms with Crippen LogP contribution in [0.15, 0.2) is 59.5 Å². The largest absolute Gasteiger partial charge is 0.316 e. The molecule has 0 bridgehead atoms. The number of piperidine rings is 1. The second-order valence-corrected chi connectivity index (χ2v) is 7.74. The van der Waals surface area contributed by atoms with E-state index in [1.807, 2.05) is 42.5 Å². The maximum absolute atomic E-state index is 12.9. The van der Waals surface area contributed by atoms with E-state index in [0.717, 1.165) is 30.6 Å². The van der Waals surface area contributed by atoms with Crippen molar-refractivity contribution in [2.45, 2.75) is 24.3 Å². The van der Waals surface area contributed by atoms with Gasteiger partial charge in [-0.15, -0.1) is 0 Å². The van der Waals surface area contributed by atoms with Gasteiger partial charge in [-0.2, -0.15) is 0 Å². The van der Waals surface area contributed by atoms with Crippen LogP contribution in [0.4, 0.5) is 0 Å². The molecule has 1 aliphatic heterocycles. The Morgan fingerprint density at radius 2 is 1.74 bits per heavy atom. The highest BCUT2D eigenvalue weighted by Gasteiger charge is 2.28. The number of rotatable bonds is 4. The molecule has 23 heavy (non-hydrogen) atoms. The van der Waals surface area contributed by atoms with Gasteiger partial charge >= 0.3 is 0 Å². The van der Waals surface area contributed by atoms with Crippen LogP contribution in [0, 0.1) is 5.92 Å². The van der Waals surface area contributed by atoms with Crippen molar-refractivity contribution in [3.8, 4) is 11.1 Å². The van der Waals surface area contributed by atoms with Crippen LogP contribution in [-0.2, 0) is 10.0 Å². The summed E-state index contributed by atoms with van der Waals surface area (Å²) in [5.74, 6) is 0.280. The first-order valence-corrected chi connectivity index (χ1v) is 9.44. The van der Waals surface area contributed by atoms with Crippen LogP contribution in [-0.4, -0.2) is 27.5 Å². The molecule has 1 heterocycles. The van der Waals surface area contributed by atoms with E-state index in [1.165, 1.54) is 0 Å². The van der Waals surface area contributed by atoms with E-state index in [9.17, 15) is 8.42 Å². The second kappa shape index (κ2) is 6.83. The van der Waals surface area contributed by atoms with E-state index in [4.69, 9.17) is 0 Å². The zero-order valence-corrected chi connectivity index (χ0v) is 14.0. The summed E-state index contributed by atoms with van der Waals surface area (Å²) in [6.45, 7) is 3.76. The molecule has 2 unspecified atom stereocenters. The molecule has 1 saturated heterocycles. The Morgan fingerprint density at radius 1 is 1.04 bits per heavy atom. The minimum Gasteiger partial charge on any atom is -0.316 e. The molecule has 3 rings (SSSR count). The monoisotopic (exact) mass is 330 g/mol. The van der Waals surface area contributed by atoms with Gasteiger partial charge in [0.05, 0.1) is 4.90 Å². The predicted molar refractivity (Wildman–Crippen MR) is 92.6 cm³/mol. The van der Waals surface area contributed by atoms with Crippen LogP contribution in [0.5, 0.6) is 0 Å². The summed E-state index contributed by atoms with van der Waals surface area (Å²) in [6, 6.07) is 16.8. The Hall–Kier alpha value is -1.69. The summed E-state index contributed by atoms with van der Waals surface area (Å²) in [5.41, 5.74) is 1.65. The SMILES string of the molecule is CC1CNCCC1NS(=O)(=O)c1ccccc1-c1ccccc1. The normalized spacial score (nSPS) is 22.0. The van der Waals surface area contributed by atoms with E-state index in [-0.39, 0.29) is 12.0 Å². The van der Waals surface area contributed by atoms with Crippen LogP contribution < -0.4 is 10.0 Å². The predicted octanol–water partition coefficient (Wildman–Crippen LogP) is 2.63. The minimum atomic E-state index is -3.55. The Balaban J connectivity index is 1.94. The summed E-state index contributed by atoms with van der Waals surface area (Å²) in [7, 11) is -3.55. The number of nitrogens with one attached hydrogen (secondary N) is 2. The third-order valence-corrected chi connectivity index (χ3v) is 5.90. The van der Waals surface area contributed by atoms with Crippen molar-refractivity contribution < 1.29 is 8.42 Å². The molecule has 2 aromatic rings. The van der Waals surface area contributed by atoms with Crippen molar-refractivity contribution in [2.24, 2.45) is 5.92 Å². The van der Waals surface area contributed by atoms with Crippen molar-refractivity contribution in [1.29, 1.82) is 0 Å². The number of hydrogen-bond donors (Lipinski definition) is 2. The van der Waals surface area contributed by atoms with Crippen LogP contribution in [0.3, 0.4) is 0 Å². The van der Waals surface area contributed by atoms with E-state index >= 15 is 0 Å². The molecule has 1 fully saturated rings. The van der Waals surface area contributed by atoms with Crippen LogP contribution >= 0.6 is 0 Å². The highest BCUT2D eigenvalue weighted by Crippen LogP contribution is 2.27. The zero-order chi connectivity index (χ0) is 16.3. The Kier molecular flexibility index (Phi) is 4.80. The zero-order valence-electron chi connectivity index (χ0n) is 13.2. The fourth-order valence-electron chi connectivity index (χ4n) is 3.01. The Morgan fingerprint density at radius 3 is 2.48 bits per heavy atom. The lowest BCUT2D eigenvalue weighted by Crippen LogP contribution is -2.48. The summed E-state index contributed by atoms with van der Waals surface area (Å²) in [6.07, 6.45) is 0.813. The van der Waals surface area contributed by atoms with Gasteiger partial charge in [-0.25, -0.2) is 13.1 Å². The van der Waals surface area contributed by atoms with Gasteiger partial charge in [0, 0.05) is 11.6 Å². The van der Waals surface area contributed by atoms with Gasteiger partial charge in [-0.05, 0) is 37.1 Å². The highest BCUT2D eigenvalue weighted by molar-refractivity contribution is 7.89. The van der Waals surface area contributed by atoms with Crippen molar-refractivity contribution >= 4 is 10.0 Å². The topological polar surface area (TPSA) is 58.2 Å². The third kappa shape index (κ3) is 3.63. The van der Waals surface area contributed by atoms with Crippen molar-refractivity contribution in [3.63, 3.8) is 0 Å².